The molecule has 0 atom stereocenters. The lowest BCUT2D eigenvalue weighted by Crippen LogP contribution is -2.23. The van der Waals surface area contributed by atoms with Crippen LogP contribution in [0.4, 0.5) is 0 Å². The summed E-state index contributed by atoms with van der Waals surface area (Å²) in [4.78, 5) is 5.15. The van der Waals surface area contributed by atoms with Gasteiger partial charge in [0.25, 0.3) is 0 Å². The highest BCUT2D eigenvalue weighted by Gasteiger charge is 2.14. The Morgan fingerprint density at radius 1 is 1.32 bits per heavy atom. The van der Waals surface area contributed by atoms with Gasteiger partial charge in [-0.05, 0) is 24.6 Å². The number of aryl methyl sites for hydroxylation is 1. The molecular weight excluding hydrogens is 284 g/mol. The summed E-state index contributed by atoms with van der Waals surface area (Å²) in [5.41, 5.74) is 3.20. The molecule has 5 nitrogen and oxygen atoms in total. The summed E-state index contributed by atoms with van der Waals surface area (Å²) in [5.74, 6) is 0. The van der Waals surface area contributed by atoms with Gasteiger partial charge in [0.15, 0.2) is 0 Å². The summed E-state index contributed by atoms with van der Waals surface area (Å²) < 4.78 is 26.6. The highest BCUT2D eigenvalue weighted by molar-refractivity contribution is 7.89. The quantitative estimate of drug-likeness (QED) is 0.875. The Bertz CT molecular complexity index is 648. The molecule has 0 fully saturated rings. The normalized spacial score (nSPS) is 11.7. The van der Waals surface area contributed by atoms with Crippen molar-refractivity contribution in [1.29, 1.82) is 0 Å². The first kappa shape index (κ1) is 14.1. The van der Waals surface area contributed by atoms with Gasteiger partial charge in [0.2, 0.25) is 10.0 Å². The van der Waals surface area contributed by atoms with E-state index in [4.69, 9.17) is 5.11 Å². The molecular formula is C12H14N2O3S2. The molecule has 19 heavy (non-hydrogen) atoms. The first-order valence-electron chi connectivity index (χ1n) is 5.61. The Kier molecular flexibility index (Phi) is 4.31. The van der Waals surface area contributed by atoms with E-state index in [0.717, 1.165) is 10.6 Å². The number of nitrogens with zero attached hydrogens (tertiary/aromatic N) is 1. The molecule has 0 saturated heterocycles. The summed E-state index contributed by atoms with van der Waals surface area (Å²) in [5, 5.41) is 8.92. The molecule has 2 aromatic rings. The Morgan fingerprint density at radius 3 is 2.53 bits per heavy atom. The molecule has 2 rings (SSSR count). The average molecular weight is 298 g/mol. The van der Waals surface area contributed by atoms with Gasteiger partial charge in [-0.25, -0.2) is 18.1 Å². The van der Waals surface area contributed by atoms with E-state index in [1.54, 1.807) is 17.6 Å². The van der Waals surface area contributed by atoms with Gasteiger partial charge < -0.3 is 5.11 Å². The van der Waals surface area contributed by atoms with Crippen LogP contribution in [0.2, 0.25) is 0 Å². The summed E-state index contributed by atoms with van der Waals surface area (Å²) in [7, 11) is -3.53. The predicted molar refractivity (Wildman–Crippen MR) is 73.2 cm³/mol. The van der Waals surface area contributed by atoms with E-state index in [-0.39, 0.29) is 18.0 Å². The zero-order valence-corrected chi connectivity index (χ0v) is 12.0. The van der Waals surface area contributed by atoms with Gasteiger partial charge in [0, 0.05) is 11.4 Å². The van der Waals surface area contributed by atoms with Crippen molar-refractivity contribution in [3.63, 3.8) is 0 Å². The highest BCUT2D eigenvalue weighted by atomic mass is 32.2. The van der Waals surface area contributed by atoms with E-state index in [0.29, 0.717) is 5.56 Å². The minimum Gasteiger partial charge on any atom is -0.392 e. The number of thiazole rings is 1. The van der Waals surface area contributed by atoms with Gasteiger partial charge in [-0.3, -0.25) is 0 Å². The molecule has 7 heteroatoms. The second kappa shape index (κ2) is 5.79. The number of sulfonamides is 1. The maximum absolute atomic E-state index is 12.0. The van der Waals surface area contributed by atoms with E-state index < -0.39 is 10.0 Å². The number of aliphatic hydroxyl groups excluding tert-OH is 1. The SMILES string of the molecule is Cc1ncsc1CNS(=O)(=O)c1ccc(CO)cc1. The monoisotopic (exact) mass is 298 g/mol. The van der Waals surface area contributed by atoms with Gasteiger partial charge >= 0.3 is 0 Å². The summed E-state index contributed by atoms with van der Waals surface area (Å²) in [6.45, 7) is 1.98. The lowest BCUT2D eigenvalue weighted by Gasteiger charge is -2.06. The van der Waals surface area contributed by atoms with E-state index in [2.05, 4.69) is 9.71 Å². The molecule has 0 amide bonds. The number of nitrogens with one attached hydrogen (secondary N) is 1. The van der Waals surface area contributed by atoms with Crippen molar-refractivity contribution in [2.24, 2.45) is 0 Å². The van der Waals surface area contributed by atoms with E-state index in [1.165, 1.54) is 23.5 Å². The zero-order valence-electron chi connectivity index (χ0n) is 10.3. The van der Waals surface area contributed by atoms with Crippen LogP contribution >= 0.6 is 11.3 Å². The third-order valence-electron chi connectivity index (χ3n) is 2.68. The van der Waals surface area contributed by atoms with Crippen LogP contribution in [0, 0.1) is 6.92 Å². The Labute approximate surface area is 116 Å². The fourth-order valence-corrected chi connectivity index (χ4v) is 3.32. The molecule has 0 aliphatic rings. The number of rotatable bonds is 5. The first-order valence-corrected chi connectivity index (χ1v) is 7.97. The van der Waals surface area contributed by atoms with Crippen molar-refractivity contribution in [3.8, 4) is 0 Å². The van der Waals surface area contributed by atoms with Gasteiger partial charge in [0.05, 0.1) is 22.7 Å². The second-order valence-electron chi connectivity index (χ2n) is 3.99. The fourth-order valence-electron chi connectivity index (χ4n) is 1.51. The standard InChI is InChI=1S/C12H14N2O3S2/c1-9-12(18-8-13-9)6-14-19(16,17)11-4-2-10(7-15)3-5-11/h2-5,8,14-15H,6-7H2,1H3. The average Bonchev–Trinajstić information content (AvgIpc) is 2.82. The van der Waals surface area contributed by atoms with Crippen molar-refractivity contribution in [2.75, 3.05) is 0 Å². The molecule has 0 bridgehead atoms. The van der Waals surface area contributed by atoms with Gasteiger partial charge in [-0.1, -0.05) is 12.1 Å². The molecule has 0 unspecified atom stereocenters. The predicted octanol–water partition coefficient (Wildman–Crippen LogP) is 1.42. The number of aliphatic hydroxyl groups is 1. The highest BCUT2D eigenvalue weighted by Crippen LogP contribution is 2.14. The van der Waals surface area contributed by atoms with Crippen molar-refractivity contribution < 1.29 is 13.5 Å². The van der Waals surface area contributed by atoms with E-state index >= 15 is 0 Å². The Morgan fingerprint density at radius 2 is 2.00 bits per heavy atom. The smallest absolute Gasteiger partial charge is 0.240 e. The third-order valence-corrected chi connectivity index (χ3v) is 5.04. The maximum Gasteiger partial charge on any atom is 0.240 e. The molecule has 0 radical (unpaired) electrons. The number of hydrogen-bond donors (Lipinski definition) is 2. The number of aromatic nitrogens is 1. The minimum atomic E-state index is -3.53. The van der Waals surface area contributed by atoms with Crippen LogP contribution in [0.3, 0.4) is 0 Å². The summed E-state index contributed by atoms with van der Waals surface area (Å²) in [6, 6.07) is 6.14. The van der Waals surface area contributed by atoms with Crippen molar-refractivity contribution in [2.45, 2.75) is 25.0 Å². The van der Waals surface area contributed by atoms with Crippen LogP contribution in [0.5, 0.6) is 0 Å². The molecule has 1 aromatic carbocycles. The summed E-state index contributed by atoms with van der Waals surface area (Å²) >= 11 is 1.42. The lowest BCUT2D eigenvalue weighted by molar-refractivity contribution is 0.282. The molecule has 0 spiro atoms. The van der Waals surface area contributed by atoms with Crippen molar-refractivity contribution >= 4 is 21.4 Å². The van der Waals surface area contributed by atoms with Crippen LogP contribution in [0.15, 0.2) is 34.7 Å². The van der Waals surface area contributed by atoms with Crippen LogP contribution in [0.25, 0.3) is 0 Å². The molecule has 102 valence electrons. The van der Waals surface area contributed by atoms with Gasteiger partial charge in [-0.15, -0.1) is 11.3 Å². The van der Waals surface area contributed by atoms with Crippen LogP contribution in [-0.2, 0) is 23.2 Å². The minimum absolute atomic E-state index is 0.103. The molecule has 0 saturated carbocycles. The lowest BCUT2D eigenvalue weighted by atomic mass is 10.2. The van der Waals surface area contributed by atoms with Crippen molar-refractivity contribution in [1.82, 2.24) is 9.71 Å². The maximum atomic E-state index is 12.0. The van der Waals surface area contributed by atoms with E-state index in [1.807, 2.05) is 6.92 Å². The first-order chi connectivity index (χ1) is 9.03. The fraction of sp³-hybridized carbons (Fsp3) is 0.250. The second-order valence-corrected chi connectivity index (χ2v) is 6.69. The number of hydrogen-bond acceptors (Lipinski definition) is 5. The van der Waals surface area contributed by atoms with Crippen LogP contribution in [-0.4, -0.2) is 18.5 Å². The van der Waals surface area contributed by atoms with Gasteiger partial charge in [0.1, 0.15) is 0 Å². The molecule has 1 heterocycles. The van der Waals surface area contributed by atoms with Crippen LogP contribution in [0.1, 0.15) is 16.1 Å². The van der Waals surface area contributed by atoms with Crippen LogP contribution < -0.4 is 4.72 Å². The summed E-state index contributed by atoms with van der Waals surface area (Å²) in [6.07, 6.45) is 0. The molecule has 2 N–H and O–H groups in total. The Balaban J connectivity index is 2.11. The topological polar surface area (TPSA) is 79.3 Å². The molecule has 0 aliphatic carbocycles. The largest absolute Gasteiger partial charge is 0.392 e. The number of benzene rings is 1. The van der Waals surface area contributed by atoms with E-state index in [9.17, 15) is 8.42 Å². The third kappa shape index (κ3) is 3.38. The van der Waals surface area contributed by atoms with Gasteiger partial charge in [-0.2, -0.15) is 0 Å². The zero-order chi connectivity index (χ0) is 13.9. The van der Waals surface area contributed by atoms with Crippen molar-refractivity contribution in [3.05, 3.63) is 45.9 Å². The molecule has 0 aliphatic heterocycles. The Hall–Kier alpha value is -1.28. The molecule has 1 aromatic heterocycles.